The van der Waals surface area contributed by atoms with Gasteiger partial charge < -0.3 is 10.2 Å². The van der Waals surface area contributed by atoms with Gasteiger partial charge in [-0.25, -0.2) is 0 Å². The number of carbonyl (C=O) groups is 2. The van der Waals surface area contributed by atoms with E-state index in [2.05, 4.69) is 10.2 Å². The SMILES string of the molecule is Cc1ccc(C(=O)CCC(=O)NCCN(C)c2ccccc2)cc1. The molecular formula is C20H24N2O2. The van der Waals surface area contributed by atoms with E-state index < -0.39 is 0 Å². The summed E-state index contributed by atoms with van der Waals surface area (Å²) in [6, 6.07) is 17.4. The maximum atomic E-state index is 12.0. The topological polar surface area (TPSA) is 49.4 Å². The third kappa shape index (κ3) is 5.54. The molecule has 0 aliphatic carbocycles. The number of hydrogen-bond acceptors (Lipinski definition) is 3. The van der Waals surface area contributed by atoms with Crippen molar-refractivity contribution in [2.75, 3.05) is 25.0 Å². The van der Waals surface area contributed by atoms with Gasteiger partial charge in [0.25, 0.3) is 0 Å². The molecule has 0 unspecified atom stereocenters. The van der Waals surface area contributed by atoms with E-state index in [1.165, 1.54) is 0 Å². The van der Waals surface area contributed by atoms with E-state index in [-0.39, 0.29) is 24.5 Å². The van der Waals surface area contributed by atoms with Crippen LogP contribution in [-0.2, 0) is 4.79 Å². The first-order chi connectivity index (χ1) is 11.6. The minimum absolute atomic E-state index is 0.00607. The summed E-state index contributed by atoms with van der Waals surface area (Å²) in [6.07, 6.45) is 0.463. The summed E-state index contributed by atoms with van der Waals surface area (Å²) >= 11 is 0. The number of likely N-dealkylation sites (N-methyl/N-ethyl adjacent to an activating group) is 1. The van der Waals surface area contributed by atoms with Crippen LogP contribution >= 0.6 is 0 Å². The van der Waals surface area contributed by atoms with Gasteiger partial charge in [0.1, 0.15) is 0 Å². The molecule has 0 aliphatic rings. The number of nitrogens with zero attached hydrogens (tertiary/aromatic N) is 1. The number of hydrogen-bond donors (Lipinski definition) is 1. The van der Waals surface area contributed by atoms with E-state index in [1.54, 1.807) is 0 Å². The Kier molecular flexibility index (Phi) is 6.55. The quantitative estimate of drug-likeness (QED) is 0.759. The fourth-order valence-corrected chi connectivity index (χ4v) is 2.37. The third-order valence-electron chi connectivity index (χ3n) is 3.92. The van der Waals surface area contributed by atoms with E-state index in [4.69, 9.17) is 0 Å². The molecule has 0 bridgehead atoms. The summed E-state index contributed by atoms with van der Waals surface area (Å²) in [7, 11) is 1.99. The standard InChI is InChI=1S/C20H24N2O2/c1-16-8-10-17(11-9-16)19(23)12-13-20(24)21-14-15-22(2)18-6-4-3-5-7-18/h3-11H,12-15H2,1-2H3,(H,21,24). The Morgan fingerprint density at radius 2 is 1.62 bits per heavy atom. The molecule has 1 N–H and O–H groups in total. The van der Waals surface area contributed by atoms with Crippen LogP contribution in [0.3, 0.4) is 0 Å². The second-order valence-electron chi connectivity index (χ2n) is 5.90. The van der Waals surface area contributed by atoms with Crippen LogP contribution in [0.4, 0.5) is 5.69 Å². The molecule has 4 heteroatoms. The van der Waals surface area contributed by atoms with Crippen molar-refractivity contribution in [3.8, 4) is 0 Å². The number of amides is 1. The van der Waals surface area contributed by atoms with Crippen LogP contribution < -0.4 is 10.2 Å². The second kappa shape index (κ2) is 8.87. The van der Waals surface area contributed by atoms with Crippen molar-refractivity contribution in [2.24, 2.45) is 0 Å². The second-order valence-corrected chi connectivity index (χ2v) is 5.90. The first-order valence-electron chi connectivity index (χ1n) is 8.19. The molecule has 0 saturated heterocycles. The Morgan fingerprint density at radius 3 is 2.29 bits per heavy atom. The Bertz CT molecular complexity index is 666. The zero-order chi connectivity index (χ0) is 17.4. The fourth-order valence-electron chi connectivity index (χ4n) is 2.37. The predicted molar refractivity (Wildman–Crippen MR) is 97.5 cm³/mol. The zero-order valence-electron chi connectivity index (χ0n) is 14.3. The first kappa shape index (κ1) is 17.7. The van der Waals surface area contributed by atoms with Gasteiger partial charge in [0.05, 0.1) is 0 Å². The van der Waals surface area contributed by atoms with Crippen LogP contribution in [0, 0.1) is 6.92 Å². The van der Waals surface area contributed by atoms with E-state index in [0.29, 0.717) is 12.1 Å². The van der Waals surface area contributed by atoms with Crippen LogP contribution in [0.15, 0.2) is 54.6 Å². The normalized spacial score (nSPS) is 10.2. The van der Waals surface area contributed by atoms with Gasteiger partial charge in [0.15, 0.2) is 5.78 Å². The summed E-state index contributed by atoms with van der Waals surface area (Å²) in [5.74, 6) is -0.0801. The zero-order valence-corrected chi connectivity index (χ0v) is 14.3. The molecule has 24 heavy (non-hydrogen) atoms. The molecule has 4 nitrogen and oxygen atoms in total. The summed E-state index contributed by atoms with van der Waals surface area (Å²) in [5, 5.41) is 2.87. The van der Waals surface area contributed by atoms with Crippen molar-refractivity contribution in [1.29, 1.82) is 0 Å². The lowest BCUT2D eigenvalue weighted by Gasteiger charge is -2.19. The summed E-state index contributed by atoms with van der Waals surface area (Å²) in [4.78, 5) is 26.0. The Balaban J connectivity index is 1.68. The van der Waals surface area contributed by atoms with Gasteiger partial charge in [-0.3, -0.25) is 9.59 Å². The average Bonchev–Trinajstić information content (AvgIpc) is 2.61. The number of benzene rings is 2. The lowest BCUT2D eigenvalue weighted by Crippen LogP contribution is -2.33. The van der Waals surface area contributed by atoms with Crippen LogP contribution in [0.1, 0.15) is 28.8 Å². The maximum absolute atomic E-state index is 12.0. The number of ketones is 1. The highest BCUT2D eigenvalue weighted by atomic mass is 16.2. The Labute approximate surface area is 143 Å². The minimum Gasteiger partial charge on any atom is -0.373 e. The van der Waals surface area contributed by atoms with Gasteiger partial charge in [0.2, 0.25) is 5.91 Å². The largest absolute Gasteiger partial charge is 0.373 e. The van der Waals surface area contributed by atoms with E-state index in [0.717, 1.165) is 17.8 Å². The van der Waals surface area contributed by atoms with Crippen LogP contribution in [0.25, 0.3) is 0 Å². The average molecular weight is 324 g/mol. The summed E-state index contributed by atoms with van der Waals surface area (Å²) < 4.78 is 0. The monoisotopic (exact) mass is 324 g/mol. The lowest BCUT2D eigenvalue weighted by molar-refractivity contribution is -0.121. The van der Waals surface area contributed by atoms with E-state index in [1.807, 2.05) is 68.6 Å². The molecule has 0 heterocycles. The lowest BCUT2D eigenvalue weighted by atomic mass is 10.1. The van der Waals surface area contributed by atoms with Crippen LogP contribution in [0.5, 0.6) is 0 Å². The third-order valence-corrected chi connectivity index (χ3v) is 3.92. The molecule has 0 aliphatic heterocycles. The van der Waals surface area contributed by atoms with Crippen molar-refractivity contribution in [3.05, 3.63) is 65.7 Å². The van der Waals surface area contributed by atoms with Crippen molar-refractivity contribution >= 4 is 17.4 Å². The van der Waals surface area contributed by atoms with Crippen molar-refractivity contribution < 1.29 is 9.59 Å². The van der Waals surface area contributed by atoms with E-state index in [9.17, 15) is 9.59 Å². The molecular weight excluding hydrogens is 300 g/mol. The maximum Gasteiger partial charge on any atom is 0.220 e. The van der Waals surface area contributed by atoms with Gasteiger partial charge in [-0.2, -0.15) is 0 Å². The van der Waals surface area contributed by atoms with Gasteiger partial charge in [-0.05, 0) is 19.1 Å². The highest BCUT2D eigenvalue weighted by Crippen LogP contribution is 2.10. The molecule has 1 amide bonds. The van der Waals surface area contributed by atoms with Crippen LogP contribution in [0.2, 0.25) is 0 Å². The van der Waals surface area contributed by atoms with Crippen LogP contribution in [-0.4, -0.2) is 31.8 Å². The highest BCUT2D eigenvalue weighted by Gasteiger charge is 2.09. The smallest absolute Gasteiger partial charge is 0.220 e. The first-order valence-corrected chi connectivity index (χ1v) is 8.19. The van der Waals surface area contributed by atoms with Gasteiger partial charge >= 0.3 is 0 Å². The van der Waals surface area contributed by atoms with Gasteiger partial charge in [-0.1, -0.05) is 48.0 Å². The summed E-state index contributed by atoms with van der Waals surface area (Å²) in [5.41, 5.74) is 2.89. The fraction of sp³-hybridized carbons (Fsp3) is 0.300. The molecule has 0 radical (unpaired) electrons. The number of Topliss-reactive ketones (excluding diaryl/α,β-unsaturated/α-hetero) is 1. The minimum atomic E-state index is -0.0862. The number of rotatable bonds is 8. The Hall–Kier alpha value is -2.62. The highest BCUT2D eigenvalue weighted by molar-refractivity contribution is 5.97. The van der Waals surface area contributed by atoms with Gasteiger partial charge in [-0.15, -0.1) is 0 Å². The number of carbonyl (C=O) groups excluding carboxylic acids is 2. The molecule has 2 aromatic rings. The molecule has 0 atom stereocenters. The molecule has 2 aromatic carbocycles. The molecule has 0 saturated carbocycles. The molecule has 0 aromatic heterocycles. The van der Waals surface area contributed by atoms with E-state index >= 15 is 0 Å². The number of aryl methyl sites for hydroxylation is 1. The number of para-hydroxylation sites is 1. The number of nitrogens with one attached hydrogen (secondary N) is 1. The van der Waals surface area contributed by atoms with Crippen molar-refractivity contribution in [2.45, 2.75) is 19.8 Å². The summed E-state index contributed by atoms with van der Waals surface area (Å²) in [6.45, 7) is 3.26. The molecule has 2 rings (SSSR count). The number of anilines is 1. The molecule has 126 valence electrons. The predicted octanol–water partition coefficient (Wildman–Crippen LogP) is 3.21. The van der Waals surface area contributed by atoms with Crippen molar-refractivity contribution in [3.63, 3.8) is 0 Å². The molecule has 0 fully saturated rings. The molecule has 0 spiro atoms. The van der Waals surface area contributed by atoms with Gasteiger partial charge in [0, 0.05) is 44.2 Å². The Morgan fingerprint density at radius 1 is 0.958 bits per heavy atom. The van der Waals surface area contributed by atoms with Crippen molar-refractivity contribution in [1.82, 2.24) is 5.32 Å².